The molecule has 1 N–H and O–H groups in total. The highest BCUT2D eigenvalue weighted by Gasteiger charge is 2.26. The maximum absolute atomic E-state index is 6.15. The highest BCUT2D eigenvalue weighted by Crippen LogP contribution is 2.29. The number of anilines is 1. The number of pyridine rings is 1. The van der Waals surface area contributed by atoms with Crippen LogP contribution in [0.3, 0.4) is 0 Å². The van der Waals surface area contributed by atoms with Crippen LogP contribution in [-0.4, -0.2) is 31.2 Å². The van der Waals surface area contributed by atoms with Gasteiger partial charge in [0.15, 0.2) is 0 Å². The van der Waals surface area contributed by atoms with E-state index in [1.165, 1.54) is 12.8 Å². The van der Waals surface area contributed by atoms with Crippen LogP contribution < -0.4 is 10.2 Å². The van der Waals surface area contributed by atoms with Crippen molar-refractivity contribution in [2.75, 3.05) is 25.0 Å². The number of rotatable bonds is 3. The van der Waals surface area contributed by atoms with Gasteiger partial charge in [0.25, 0.3) is 0 Å². The quantitative estimate of drug-likeness (QED) is 0.852. The zero-order chi connectivity index (χ0) is 10.7. The van der Waals surface area contributed by atoms with Crippen LogP contribution in [-0.2, 0) is 0 Å². The van der Waals surface area contributed by atoms with Gasteiger partial charge in [-0.3, -0.25) is 0 Å². The molecule has 1 fully saturated rings. The molecule has 1 unspecified atom stereocenters. The molecule has 3 nitrogen and oxygen atoms in total. The summed E-state index contributed by atoms with van der Waals surface area (Å²) in [5.74, 6) is 0.928. The standard InChI is InChI=1S/C11H16ClN3/c1-13-8-9-4-3-7-15(9)11-10(12)5-2-6-14-11/h2,5-6,9,13H,3-4,7-8H2,1H3. The van der Waals surface area contributed by atoms with Gasteiger partial charge in [-0.1, -0.05) is 11.6 Å². The average molecular weight is 226 g/mol. The van der Waals surface area contributed by atoms with Crippen molar-refractivity contribution in [3.05, 3.63) is 23.4 Å². The first-order valence-electron chi connectivity index (χ1n) is 5.34. The molecule has 1 aromatic rings. The summed E-state index contributed by atoms with van der Waals surface area (Å²) in [4.78, 5) is 6.66. The van der Waals surface area contributed by atoms with Crippen LogP contribution in [0.2, 0.25) is 5.02 Å². The molecule has 4 heteroatoms. The number of nitrogens with zero attached hydrogens (tertiary/aromatic N) is 2. The van der Waals surface area contributed by atoms with Gasteiger partial charge in [-0.25, -0.2) is 4.98 Å². The lowest BCUT2D eigenvalue weighted by Crippen LogP contribution is -2.37. The maximum Gasteiger partial charge on any atom is 0.147 e. The second-order valence-corrected chi connectivity index (χ2v) is 4.26. The summed E-state index contributed by atoms with van der Waals surface area (Å²) in [6, 6.07) is 4.30. The third-order valence-corrected chi connectivity index (χ3v) is 3.12. The minimum Gasteiger partial charge on any atom is -0.351 e. The van der Waals surface area contributed by atoms with Crippen molar-refractivity contribution in [3.63, 3.8) is 0 Å². The lowest BCUT2D eigenvalue weighted by Gasteiger charge is -2.26. The smallest absolute Gasteiger partial charge is 0.147 e. The Morgan fingerprint density at radius 2 is 2.53 bits per heavy atom. The topological polar surface area (TPSA) is 28.2 Å². The van der Waals surface area contributed by atoms with Crippen molar-refractivity contribution in [1.29, 1.82) is 0 Å². The Kier molecular flexibility index (Phi) is 3.44. The van der Waals surface area contributed by atoms with E-state index in [-0.39, 0.29) is 0 Å². The van der Waals surface area contributed by atoms with Crippen LogP contribution in [0.25, 0.3) is 0 Å². The third-order valence-electron chi connectivity index (χ3n) is 2.83. The number of nitrogens with one attached hydrogen (secondary N) is 1. The summed E-state index contributed by atoms with van der Waals surface area (Å²) in [5.41, 5.74) is 0. The van der Waals surface area contributed by atoms with Crippen molar-refractivity contribution in [2.45, 2.75) is 18.9 Å². The molecular weight excluding hydrogens is 210 g/mol. The van der Waals surface area contributed by atoms with E-state index < -0.39 is 0 Å². The van der Waals surface area contributed by atoms with Gasteiger partial charge in [-0.05, 0) is 32.0 Å². The van der Waals surface area contributed by atoms with Gasteiger partial charge in [-0.15, -0.1) is 0 Å². The molecule has 15 heavy (non-hydrogen) atoms. The summed E-state index contributed by atoms with van der Waals surface area (Å²) in [6.45, 7) is 2.05. The molecule has 82 valence electrons. The van der Waals surface area contributed by atoms with Crippen LogP contribution in [0.15, 0.2) is 18.3 Å². The Balaban J connectivity index is 2.19. The van der Waals surface area contributed by atoms with Crippen molar-refractivity contribution >= 4 is 17.4 Å². The van der Waals surface area contributed by atoms with Gasteiger partial charge in [0.05, 0.1) is 5.02 Å². The summed E-state index contributed by atoms with van der Waals surface area (Å²) in [5, 5.41) is 3.97. The fourth-order valence-corrected chi connectivity index (χ4v) is 2.38. The van der Waals surface area contributed by atoms with Crippen molar-refractivity contribution in [1.82, 2.24) is 10.3 Å². The number of aromatic nitrogens is 1. The third kappa shape index (κ3) is 2.24. The molecule has 1 aromatic heterocycles. The van der Waals surface area contributed by atoms with Gasteiger partial charge in [0.1, 0.15) is 5.82 Å². The van der Waals surface area contributed by atoms with Crippen LogP contribution in [0.5, 0.6) is 0 Å². The highest BCUT2D eigenvalue weighted by atomic mass is 35.5. The Bertz CT molecular complexity index is 329. The summed E-state index contributed by atoms with van der Waals surface area (Å²) in [7, 11) is 1.98. The predicted octanol–water partition coefficient (Wildman–Crippen LogP) is 1.92. The molecule has 0 saturated carbocycles. The summed E-state index contributed by atoms with van der Waals surface area (Å²) >= 11 is 6.15. The van der Waals surface area contributed by atoms with Crippen molar-refractivity contribution in [2.24, 2.45) is 0 Å². The Hall–Kier alpha value is -0.800. The molecule has 0 amide bonds. The fraction of sp³-hybridized carbons (Fsp3) is 0.545. The van der Waals surface area contributed by atoms with Crippen LogP contribution >= 0.6 is 11.6 Å². The molecular formula is C11H16ClN3. The molecule has 0 aromatic carbocycles. The fourth-order valence-electron chi connectivity index (χ4n) is 2.15. The molecule has 2 heterocycles. The van der Waals surface area contributed by atoms with Crippen molar-refractivity contribution in [3.8, 4) is 0 Å². The molecule has 0 spiro atoms. The summed E-state index contributed by atoms with van der Waals surface area (Å²) < 4.78 is 0. The minimum absolute atomic E-state index is 0.530. The van der Waals surface area contributed by atoms with Crippen LogP contribution in [0.1, 0.15) is 12.8 Å². The number of halogens is 1. The van der Waals surface area contributed by atoms with E-state index in [1.807, 2.05) is 19.2 Å². The lowest BCUT2D eigenvalue weighted by molar-refractivity contribution is 0.612. The second-order valence-electron chi connectivity index (χ2n) is 3.86. The van der Waals surface area contributed by atoms with Gasteiger partial charge >= 0.3 is 0 Å². The maximum atomic E-state index is 6.15. The first kappa shape index (κ1) is 10.7. The predicted molar refractivity (Wildman–Crippen MR) is 63.5 cm³/mol. The second kappa shape index (κ2) is 4.81. The van der Waals surface area contributed by atoms with Crippen LogP contribution in [0.4, 0.5) is 5.82 Å². The number of hydrogen-bond acceptors (Lipinski definition) is 3. The van der Waals surface area contributed by atoms with E-state index in [9.17, 15) is 0 Å². The lowest BCUT2D eigenvalue weighted by atomic mass is 10.2. The van der Waals surface area contributed by atoms with Gasteiger partial charge in [0, 0.05) is 25.3 Å². The molecule has 1 aliphatic rings. The van der Waals surface area contributed by atoms with E-state index in [2.05, 4.69) is 15.2 Å². The Morgan fingerprint density at radius 3 is 3.27 bits per heavy atom. The van der Waals surface area contributed by atoms with E-state index >= 15 is 0 Å². The molecule has 0 aliphatic carbocycles. The van der Waals surface area contributed by atoms with E-state index in [4.69, 9.17) is 11.6 Å². The monoisotopic (exact) mass is 225 g/mol. The van der Waals surface area contributed by atoms with E-state index in [1.54, 1.807) is 6.20 Å². The summed E-state index contributed by atoms with van der Waals surface area (Å²) in [6.07, 6.45) is 4.24. The highest BCUT2D eigenvalue weighted by molar-refractivity contribution is 6.32. The zero-order valence-electron chi connectivity index (χ0n) is 8.91. The average Bonchev–Trinajstić information content (AvgIpc) is 2.67. The number of hydrogen-bond donors (Lipinski definition) is 1. The van der Waals surface area contributed by atoms with E-state index in [0.717, 1.165) is 23.9 Å². The molecule has 1 saturated heterocycles. The van der Waals surface area contributed by atoms with Crippen molar-refractivity contribution < 1.29 is 0 Å². The van der Waals surface area contributed by atoms with E-state index in [0.29, 0.717) is 6.04 Å². The molecule has 2 rings (SSSR count). The normalized spacial score (nSPS) is 20.9. The molecule has 0 radical (unpaired) electrons. The minimum atomic E-state index is 0.530. The number of likely N-dealkylation sites (N-methyl/N-ethyl adjacent to an activating group) is 1. The van der Waals surface area contributed by atoms with Crippen LogP contribution in [0, 0.1) is 0 Å². The van der Waals surface area contributed by atoms with Gasteiger partial charge < -0.3 is 10.2 Å². The Labute approximate surface area is 95.4 Å². The first-order chi connectivity index (χ1) is 7.33. The van der Waals surface area contributed by atoms with Gasteiger partial charge in [-0.2, -0.15) is 0 Å². The first-order valence-corrected chi connectivity index (χ1v) is 5.72. The largest absolute Gasteiger partial charge is 0.351 e. The molecule has 1 atom stereocenters. The zero-order valence-corrected chi connectivity index (χ0v) is 9.67. The van der Waals surface area contributed by atoms with Gasteiger partial charge in [0.2, 0.25) is 0 Å². The Morgan fingerprint density at radius 1 is 1.67 bits per heavy atom. The SMILES string of the molecule is CNCC1CCCN1c1ncccc1Cl. The molecule has 0 bridgehead atoms. The molecule has 1 aliphatic heterocycles.